The fourth-order valence-corrected chi connectivity index (χ4v) is 4.34. The molecule has 1 fully saturated rings. The number of anilines is 4. The molecule has 1 aliphatic heterocycles. The second-order valence-corrected chi connectivity index (χ2v) is 9.19. The van der Waals surface area contributed by atoms with E-state index < -0.39 is 0 Å². The molecule has 1 unspecified atom stereocenters. The van der Waals surface area contributed by atoms with E-state index >= 15 is 0 Å². The third-order valence-electron chi connectivity index (χ3n) is 6.44. The third-order valence-corrected chi connectivity index (χ3v) is 6.44. The zero-order valence-electron chi connectivity index (χ0n) is 20.9. The first kappa shape index (κ1) is 24.5. The SMILES string of the molecule is CC(Cc1ccccc1)C(=O)Nc1ccc(-c2ccnc(Nc3ccc(N4CCOCC4)cc3)n2)cc1. The van der Waals surface area contributed by atoms with Crippen LogP contribution in [0.15, 0.2) is 91.1 Å². The number of morpholine rings is 1. The Morgan fingerprint density at radius 3 is 2.35 bits per heavy atom. The van der Waals surface area contributed by atoms with E-state index in [2.05, 4.69) is 37.6 Å². The summed E-state index contributed by atoms with van der Waals surface area (Å²) >= 11 is 0. The first-order valence-electron chi connectivity index (χ1n) is 12.6. The van der Waals surface area contributed by atoms with Gasteiger partial charge in [-0.05, 0) is 54.4 Å². The Hall–Kier alpha value is -4.23. The molecule has 0 saturated carbocycles. The molecular formula is C30H31N5O2. The van der Waals surface area contributed by atoms with Crippen molar-refractivity contribution in [1.29, 1.82) is 0 Å². The number of benzene rings is 3. The molecule has 2 N–H and O–H groups in total. The summed E-state index contributed by atoms with van der Waals surface area (Å²) in [5.74, 6) is 0.411. The van der Waals surface area contributed by atoms with Crippen LogP contribution in [-0.2, 0) is 16.0 Å². The predicted molar refractivity (Wildman–Crippen MR) is 148 cm³/mol. The molecule has 7 nitrogen and oxygen atoms in total. The average molecular weight is 494 g/mol. The summed E-state index contributed by atoms with van der Waals surface area (Å²) in [7, 11) is 0. The Balaban J connectivity index is 1.19. The highest BCUT2D eigenvalue weighted by Crippen LogP contribution is 2.24. The van der Waals surface area contributed by atoms with E-state index in [0.29, 0.717) is 12.4 Å². The zero-order valence-corrected chi connectivity index (χ0v) is 20.9. The van der Waals surface area contributed by atoms with Crippen LogP contribution in [0.25, 0.3) is 11.3 Å². The van der Waals surface area contributed by atoms with Crippen molar-refractivity contribution in [3.8, 4) is 11.3 Å². The number of aromatic nitrogens is 2. The molecule has 37 heavy (non-hydrogen) atoms. The van der Waals surface area contributed by atoms with Gasteiger partial charge in [0.05, 0.1) is 18.9 Å². The molecule has 1 atom stereocenters. The van der Waals surface area contributed by atoms with Crippen molar-refractivity contribution in [2.75, 3.05) is 41.8 Å². The lowest BCUT2D eigenvalue weighted by Crippen LogP contribution is -2.36. The molecule has 7 heteroatoms. The smallest absolute Gasteiger partial charge is 0.227 e. The predicted octanol–water partition coefficient (Wildman–Crippen LogP) is 5.54. The normalized spacial score (nSPS) is 14.1. The summed E-state index contributed by atoms with van der Waals surface area (Å²) in [4.78, 5) is 24.0. The van der Waals surface area contributed by atoms with Gasteiger partial charge in [-0.25, -0.2) is 9.97 Å². The molecule has 0 spiro atoms. The zero-order chi connectivity index (χ0) is 25.5. The Labute approximate surface area is 217 Å². The minimum absolute atomic E-state index is 0.00441. The van der Waals surface area contributed by atoms with E-state index in [9.17, 15) is 4.79 Å². The summed E-state index contributed by atoms with van der Waals surface area (Å²) < 4.78 is 5.44. The summed E-state index contributed by atoms with van der Waals surface area (Å²) in [5.41, 5.74) is 5.78. The lowest BCUT2D eigenvalue weighted by atomic mass is 10.0. The Morgan fingerprint density at radius 1 is 0.919 bits per heavy atom. The minimum atomic E-state index is -0.125. The number of rotatable bonds is 8. The first-order chi connectivity index (χ1) is 18.1. The van der Waals surface area contributed by atoms with Crippen molar-refractivity contribution in [2.45, 2.75) is 13.3 Å². The van der Waals surface area contributed by atoms with Crippen LogP contribution in [0.1, 0.15) is 12.5 Å². The molecule has 1 amide bonds. The molecule has 3 aromatic carbocycles. The van der Waals surface area contributed by atoms with Crippen molar-refractivity contribution in [3.63, 3.8) is 0 Å². The Morgan fingerprint density at radius 2 is 1.62 bits per heavy atom. The van der Waals surface area contributed by atoms with Crippen LogP contribution in [0.2, 0.25) is 0 Å². The van der Waals surface area contributed by atoms with Gasteiger partial charge in [-0.1, -0.05) is 49.4 Å². The number of amides is 1. The van der Waals surface area contributed by atoms with E-state index in [-0.39, 0.29) is 11.8 Å². The Bertz CT molecular complexity index is 1300. The molecule has 1 aromatic heterocycles. The molecule has 1 saturated heterocycles. The molecule has 0 radical (unpaired) electrons. The van der Waals surface area contributed by atoms with Gasteiger partial charge in [0.25, 0.3) is 0 Å². The van der Waals surface area contributed by atoms with Crippen LogP contribution in [0, 0.1) is 5.92 Å². The van der Waals surface area contributed by atoms with Crippen LogP contribution in [0.4, 0.5) is 23.0 Å². The lowest BCUT2D eigenvalue weighted by molar-refractivity contribution is -0.119. The summed E-state index contributed by atoms with van der Waals surface area (Å²) in [6.07, 6.45) is 2.45. The molecular weight excluding hydrogens is 462 g/mol. The maximum Gasteiger partial charge on any atom is 0.227 e. The highest BCUT2D eigenvalue weighted by Gasteiger charge is 2.14. The standard InChI is InChI=1S/C30H31N5O2/c1-22(21-23-5-3-2-4-6-23)29(36)32-25-9-7-24(8-10-25)28-15-16-31-30(34-28)33-26-11-13-27(14-12-26)35-17-19-37-20-18-35/h2-16,22H,17-21H2,1H3,(H,32,36)(H,31,33,34). The maximum absolute atomic E-state index is 12.7. The number of hydrogen-bond donors (Lipinski definition) is 2. The second kappa shape index (κ2) is 11.7. The highest BCUT2D eigenvalue weighted by molar-refractivity contribution is 5.92. The van der Waals surface area contributed by atoms with E-state index in [1.54, 1.807) is 6.20 Å². The number of carbonyl (C=O) groups is 1. The molecule has 5 rings (SSSR count). The van der Waals surface area contributed by atoms with Gasteiger partial charge < -0.3 is 20.3 Å². The van der Waals surface area contributed by atoms with Gasteiger partial charge in [0.15, 0.2) is 0 Å². The molecule has 0 bridgehead atoms. The van der Waals surface area contributed by atoms with E-state index in [1.165, 1.54) is 5.69 Å². The van der Waals surface area contributed by atoms with E-state index in [1.807, 2.05) is 79.7 Å². The van der Waals surface area contributed by atoms with E-state index in [0.717, 1.165) is 54.5 Å². The quantitative estimate of drug-likeness (QED) is 0.335. The molecule has 2 heterocycles. The molecule has 1 aliphatic rings. The molecule has 188 valence electrons. The first-order valence-corrected chi connectivity index (χ1v) is 12.6. The number of ether oxygens (including phenoxy) is 1. The van der Waals surface area contributed by atoms with Gasteiger partial charge in [-0.15, -0.1) is 0 Å². The monoisotopic (exact) mass is 493 g/mol. The minimum Gasteiger partial charge on any atom is -0.378 e. The largest absolute Gasteiger partial charge is 0.378 e. The summed E-state index contributed by atoms with van der Waals surface area (Å²) in [6.45, 7) is 5.30. The van der Waals surface area contributed by atoms with Gasteiger partial charge in [0.2, 0.25) is 11.9 Å². The topological polar surface area (TPSA) is 79.4 Å². The highest BCUT2D eigenvalue weighted by atomic mass is 16.5. The summed E-state index contributed by atoms with van der Waals surface area (Å²) in [5, 5.41) is 6.31. The van der Waals surface area contributed by atoms with Crippen molar-refractivity contribution in [2.24, 2.45) is 5.92 Å². The lowest BCUT2D eigenvalue weighted by Gasteiger charge is -2.28. The maximum atomic E-state index is 12.7. The van der Waals surface area contributed by atoms with Crippen molar-refractivity contribution < 1.29 is 9.53 Å². The molecule has 4 aromatic rings. The number of nitrogens with one attached hydrogen (secondary N) is 2. The second-order valence-electron chi connectivity index (χ2n) is 9.19. The van der Waals surface area contributed by atoms with Crippen LogP contribution in [-0.4, -0.2) is 42.2 Å². The number of carbonyl (C=O) groups excluding carboxylic acids is 1. The van der Waals surface area contributed by atoms with Crippen LogP contribution >= 0.6 is 0 Å². The van der Waals surface area contributed by atoms with Gasteiger partial charge >= 0.3 is 0 Å². The van der Waals surface area contributed by atoms with Crippen molar-refractivity contribution in [1.82, 2.24) is 9.97 Å². The fourth-order valence-electron chi connectivity index (χ4n) is 4.34. The van der Waals surface area contributed by atoms with Crippen LogP contribution in [0.5, 0.6) is 0 Å². The van der Waals surface area contributed by atoms with Gasteiger partial charge in [-0.3, -0.25) is 4.79 Å². The average Bonchev–Trinajstić information content (AvgIpc) is 2.95. The van der Waals surface area contributed by atoms with E-state index in [4.69, 9.17) is 4.74 Å². The van der Waals surface area contributed by atoms with Crippen molar-refractivity contribution >= 4 is 28.9 Å². The number of nitrogens with zero attached hydrogens (tertiary/aromatic N) is 3. The van der Waals surface area contributed by atoms with Crippen LogP contribution < -0.4 is 15.5 Å². The third kappa shape index (κ3) is 6.51. The van der Waals surface area contributed by atoms with Crippen LogP contribution in [0.3, 0.4) is 0 Å². The van der Waals surface area contributed by atoms with Gasteiger partial charge in [0.1, 0.15) is 0 Å². The molecule has 0 aliphatic carbocycles. The van der Waals surface area contributed by atoms with Crippen molar-refractivity contribution in [3.05, 3.63) is 96.7 Å². The van der Waals surface area contributed by atoms with Gasteiger partial charge in [0, 0.05) is 47.8 Å². The summed E-state index contributed by atoms with van der Waals surface area (Å²) in [6, 6.07) is 28.0. The Kier molecular flexibility index (Phi) is 7.72. The van der Waals surface area contributed by atoms with Gasteiger partial charge in [-0.2, -0.15) is 0 Å². The number of hydrogen-bond acceptors (Lipinski definition) is 6. The fraction of sp³-hybridized carbons (Fsp3) is 0.233.